The van der Waals surface area contributed by atoms with Gasteiger partial charge in [-0.2, -0.15) is 0 Å². The smallest absolute Gasteiger partial charge is 0.336 e. The molecule has 1 N–H and O–H groups in total. The standard InChI is InChI=1S/C38H32N2O3/c1-25-26(2)40(24-27-13-15-30(16-14-27)33-11-7-8-12-34(33)38(42)43)36-22-19-31(23-35(25)36)37(41)39(3)32-20-17-29(18-21-32)28-9-5-4-6-10-28/h4-23H,24H2,1-3H3,(H,42,43). The molecule has 0 aliphatic rings. The van der Waals surface area contributed by atoms with Crippen LogP contribution in [0.5, 0.6) is 0 Å². The van der Waals surface area contributed by atoms with Crippen molar-refractivity contribution >= 4 is 28.5 Å². The number of hydrogen-bond acceptors (Lipinski definition) is 2. The molecule has 0 aliphatic carbocycles. The first-order chi connectivity index (χ1) is 20.8. The monoisotopic (exact) mass is 564 g/mol. The van der Waals surface area contributed by atoms with E-state index >= 15 is 0 Å². The first kappa shape index (κ1) is 27.7. The molecule has 43 heavy (non-hydrogen) atoms. The zero-order valence-electron chi connectivity index (χ0n) is 24.4. The van der Waals surface area contributed by atoms with Crippen molar-refractivity contribution in [1.29, 1.82) is 0 Å². The number of aromatic nitrogens is 1. The van der Waals surface area contributed by atoms with E-state index in [9.17, 15) is 14.7 Å². The second kappa shape index (κ2) is 11.5. The quantitative estimate of drug-likeness (QED) is 0.211. The fourth-order valence-corrected chi connectivity index (χ4v) is 5.70. The molecule has 212 valence electrons. The molecule has 5 nitrogen and oxygen atoms in total. The fraction of sp³-hybridized carbons (Fsp3) is 0.105. The number of carboxylic acid groups (broad SMARTS) is 1. The molecular formula is C38H32N2O3. The summed E-state index contributed by atoms with van der Waals surface area (Å²) in [5.74, 6) is -0.994. The summed E-state index contributed by atoms with van der Waals surface area (Å²) in [5.41, 5.74) is 10.1. The molecule has 0 radical (unpaired) electrons. The lowest BCUT2D eigenvalue weighted by Gasteiger charge is -2.18. The van der Waals surface area contributed by atoms with Crippen LogP contribution in [-0.4, -0.2) is 28.6 Å². The van der Waals surface area contributed by atoms with E-state index in [4.69, 9.17) is 0 Å². The predicted octanol–water partition coefficient (Wildman–Crippen LogP) is 8.62. The molecule has 0 aliphatic heterocycles. The molecule has 5 heteroatoms. The minimum Gasteiger partial charge on any atom is -0.478 e. The highest BCUT2D eigenvalue weighted by molar-refractivity contribution is 6.08. The maximum absolute atomic E-state index is 13.5. The van der Waals surface area contributed by atoms with Crippen LogP contribution in [0.25, 0.3) is 33.2 Å². The van der Waals surface area contributed by atoms with E-state index in [1.165, 1.54) is 0 Å². The molecule has 0 atom stereocenters. The maximum atomic E-state index is 13.5. The summed E-state index contributed by atoms with van der Waals surface area (Å²) in [6.07, 6.45) is 0. The number of aromatic carboxylic acids is 1. The Bertz CT molecular complexity index is 1950. The number of carbonyl (C=O) groups excluding carboxylic acids is 1. The van der Waals surface area contributed by atoms with Gasteiger partial charge in [0.25, 0.3) is 5.91 Å². The van der Waals surface area contributed by atoms with Crippen LogP contribution in [0.3, 0.4) is 0 Å². The number of nitrogens with zero attached hydrogens (tertiary/aromatic N) is 2. The van der Waals surface area contributed by atoms with Crippen molar-refractivity contribution in [2.75, 3.05) is 11.9 Å². The van der Waals surface area contributed by atoms with E-state index in [0.717, 1.165) is 50.1 Å². The molecule has 6 rings (SSSR count). The lowest BCUT2D eigenvalue weighted by atomic mass is 9.99. The molecule has 0 bridgehead atoms. The van der Waals surface area contributed by atoms with Gasteiger partial charge in [0.1, 0.15) is 0 Å². The highest BCUT2D eigenvalue weighted by Crippen LogP contribution is 2.30. The number of anilines is 1. The van der Waals surface area contributed by atoms with Crippen LogP contribution in [0.1, 0.15) is 37.5 Å². The third kappa shape index (κ3) is 5.33. The van der Waals surface area contributed by atoms with Crippen LogP contribution in [0, 0.1) is 13.8 Å². The molecule has 0 saturated heterocycles. The second-order valence-corrected chi connectivity index (χ2v) is 10.9. The van der Waals surface area contributed by atoms with Gasteiger partial charge in [0.05, 0.1) is 5.56 Å². The molecule has 0 saturated carbocycles. The Balaban J connectivity index is 1.24. The Morgan fingerprint density at radius 2 is 1.35 bits per heavy atom. The number of carboxylic acids is 1. The van der Waals surface area contributed by atoms with Gasteiger partial charge in [0.2, 0.25) is 0 Å². The molecule has 1 heterocycles. The first-order valence-electron chi connectivity index (χ1n) is 14.3. The highest BCUT2D eigenvalue weighted by Gasteiger charge is 2.18. The minimum absolute atomic E-state index is 0.0589. The Morgan fingerprint density at radius 1 is 0.721 bits per heavy atom. The van der Waals surface area contributed by atoms with E-state index < -0.39 is 5.97 Å². The van der Waals surface area contributed by atoms with Crippen LogP contribution in [0.4, 0.5) is 5.69 Å². The van der Waals surface area contributed by atoms with Gasteiger partial charge in [-0.15, -0.1) is 0 Å². The topological polar surface area (TPSA) is 62.5 Å². The lowest BCUT2D eigenvalue weighted by Crippen LogP contribution is -2.26. The van der Waals surface area contributed by atoms with Crippen molar-refractivity contribution in [2.24, 2.45) is 0 Å². The van der Waals surface area contributed by atoms with Crippen molar-refractivity contribution in [3.05, 3.63) is 149 Å². The average molecular weight is 565 g/mol. The van der Waals surface area contributed by atoms with Crippen LogP contribution in [0.15, 0.2) is 121 Å². The van der Waals surface area contributed by atoms with E-state index in [2.05, 4.69) is 30.5 Å². The molecule has 6 aromatic rings. The molecule has 5 aromatic carbocycles. The summed E-state index contributed by atoms with van der Waals surface area (Å²) < 4.78 is 2.27. The maximum Gasteiger partial charge on any atom is 0.336 e. The summed E-state index contributed by atoms with van der Waals surface area (Å²) in [6, 6.07) is 39.3. The van der Waals surface area contributed by atoms with Gasteiger partial charge in [-0.25, -0.2) is 4.79 Å². The number of amides is 1. The van der Waals surface area contributed by atoms with Gasteiger partial charge in [-0.3, -0.25) is 4.79 Å². The number of fused-ring (bicyclic) bond motifs is 1. The SMILES string of the molecule is Cc1c(C)n(Cc2ccc(-c3ccccc3C(=O)O)cc2)c2ccc(C(=O)N(C)c3ccc(-c4ccccc4)cc3)cc12. The van der Waals surface area contributed by atoms with E-state index in [1.807, 2.05) is 104 Å². The summed E-state index contributed by atoms with van der Waals surface area (Å²) in [4.78, 5) is 26.9. The van der Waals surface area contributed by atoms with Crippen molar-refractivity contribution in [3.8, 4) is 22.3 Å². The zero-order valence-corrected chi connectivity index (χ0v) is 24.4. The van der Waals surface area contributed by atoms with Crippen LogP contribution in [-0.2, 0) is 6.54 Å². The van der Waals surface area contributed by atoms with Crippen LogP contribution >= 0.6 is 0 Å². The second-order valence-electron chi connectivity index (χ2n) is 10.9. The number of aryl methyl sites for hydroxylation is 1. The van der Waals surface area contributed by atoms with Crippen molar-refractivity contribution in [1.82, 2.24) is 4.57 Å². The Hall–Kier alpha value is -5.42. The Morgan fingerprint density at radius 3 is 2.05 bits per heavy atom. The molecule has 1 amide bonds. The predicted molar refractivity (Wildman–Crippen MR) is 174 cm³/mol. The van der Waals surface area contributed by atoms with E-state index in [-0.39, 0.29) is 5.91 Å². The lowest BCUT2D eigenvalue weighted by molar-refractivity contribution is 0.0697. The van der Waals surface area contributed by atoms with E-state index in [1.54, 1.807) is 17.0 Å². The Labute approximate surface area is 251 Å². The largest absolute Gasteiger partial charge is 0.478 e. The first-order valence-corrected chi connectivity index (χ1v) is 14.3. The number of benzene rings is 5. The molecular weight excluding hydrogens is 532 g/mol. The van der Waals surface area contributed by atoms with Gasteiger partial charge >= 0.3 is 5.97 Å². The van der Waals surface area contributed by atoms with Crippen molar-refractivity contribution < 1.29 is 14.7 Å². The summed E-state index contributed by atoms with van der Waals surface area (Å²) in [5, 5.41) is 10.6. The molecule has 0 fully saturated rings. The van der Waals surface area contributed by atoms with Gasteiger partial charge in [0.15, 0.2) is 0 Å². The van der Waals surface area contributed by atoms with Crippen molar-refractivity contribution in [2.45, 2.75) is 20.4 Å². The summed E-state index contributed by atoms with van der Waals surface area (Å²) >= 11 is 0. The number of carbonyl (C=O) groups is 2. The molecule has 0 spiro atoms. The van der Waals surface area contributed by atoms with Crippen LogP contribution in [0.2, 0.25) is 0 Å². The normalized spacial score (nSPS) is 11.0. The van der Waals surface area contributed by atoms with Gasteiger partial charge in [-0.1, -0.05) is 84.9 Å². The number of rotatable bonds is 7. The zero-order chi connectivity index (χ0) is 30.1. The fourth-order valence-electron chi connectivity index (χ4n) is 5.70. The molecule has 0 unspecified atom stereocenters. The average Bonchev–Trinajstić information content (AvgIpc) is 3.29. The summed E-state index contributed by atoms with van der Waals surface area (Å²) in [7, 11) is 1.81. The van der Waals surface area contributed by atoms with E-state index in [0.29, 0.717) is 23.2 Å². The third-order valence-corrected chi connectivity index (χ3v) is 8.32. The highest BCUT2D eigenvalue weighted by atomic mass is 16.4. The van der Waals surface area contributed by atoms with Gasteiger partial charge < -0.3 is 14.6 Å². The Kier molecular flexibility index (Phi) is 7.39. The van der Waals surface area contributed by atoms with Crippen molar-refractivity contribution in [3.63, 3.8) is 0 Å². The minimum atomic E-state index is -0.936. The summed E-state index contributed by atoms with van der Waals surface area (Å²) in [6.45, 7) is 4.87. The third-order valence-electron chi connectivity index (χ3n) is 8.32. The van der Waals surface area contributed by atoms with Gasteiger partial charge in [-0.05, 0) is 83.6 Å². The van der Waals surface area contributed by atoms with Crippen LogP contribution < -0.4 is 4.90 Å². The number of hydrogen-bond donors (Lipinski definition) is 1. The molecule has 1 aromatic heterocycles. The van der Waals surface area contributed by atoms with Gasteiger partial charge in [0, 0.05) is 41.4 Å².